The van der Waals surface area contributed by atoms with E-state index in [1.807, 2.05) is 4.90 Å². The molecule has 0 saturated carbocycles. The van der Waals surface area contributed by atoms with Crippen molar-refractivity contribution < 1.29 is 33.2 Å². The maximum absolute atomic E-state index is 13.1. The number of carbonyl (C=O) groups excluding carboxylic acids is 3. The molecule has 0 aliphatic carbocycles. The third-order valence-corrected chi connectivity index (χ3v) is 5.68. The molecule has 184 valence electrons. The number of furan rings is 1. The van der Waals surface area contributed by atoms with Crippen LogP contribution >= 0.6 is 0 Å². The van der Waals surface area contributed by atoms with Crippen LogP contribution in [0.15, 0.2) is 52.3 Å². The quantitative estimate of drug-likeness (QED) is 0.327. The highest BCUT2D eigenvalue weighted by Gasteiger charge is 2.36. The van der Waals surface area contributed by atoms with E-state index in [4.69, 9.17) is 13.9 Å². The van der Waals surface area contributed by atoms with Crippen molar-refractivity contribution in [2.45, 2.75) is 25.8 Å². The minimum atomic E-state index is -0.954. The standard InChI is InChI=1S/C23H24N4O8/c1-2-33-22(29)19-16(24-23(30)25-20(19)18-6-5-11-34-18)13-35-21(28)15-12-14(27(31)32)7-8-17(15)26-9-3-4-10-26/h5-8,11-12,20H,2-4,9-10,13H2,1H3,(H2,24,25,30). The molecule has 0 radical (unpaired) electrons. The van der Waals surface area contributed by atoms with Crippen molar-refractivity contribution in [3.63, 3.8) is 0 Å². The monoisotopic (exact) mass is 484 g/mol. The maximum Gasteiger partial charge on any atom is 0.340 e. The minimum Gasteiger partial charge on any atom is -0.467 e. The van der Waals surface area contributed by atoms with Gasteiger partial charge >= 0.3 is 18.0 Å². The number of hydrogen-bond acceptors (Lipinski definition) is 9. The number of anilines is 1. The van der Waals surface area contributed by atoms with Gasteiger partial charge in [0.2, 0.25) is 0 Å². The number of benzene rings is 1. The Kier molecular flexibility index (Phi) is 6.99. The maximum atomic E-state index is 13.1. The molecule has 2 N–H and O–H groups in total. The van der Waals surface area contributed by atoms with Crippen LogP contribution in [0.4, 0.5) is 16.2 Å². The molecule has 2 aromatic rings. The van der Waals surface area contributed by atoms with Gasteiger partial charge in [-0.15, -0.1) is 0 Å². The third-order valence-electron chi connectivity index (χ3n) is 5.68. The second kappa shape index (κ2) is 10.3. The zero-order chi connectivity index (χ0) is 24.9. The molecule has 1 unspecified atom stereocenters. The van der Waals surface area contributed by atoms with Crippen LogP contribution in [0.5, 0.6) is 0 Å². The lowest BCUT2D eigenvalue weighted by Crippen LogP contribution is -2.47. The number of amides is 2. The van der Waals surface area contributed by atoms with Crippen LogP contribution in [0.2, 0.25) is 0 Å². The van der Waals surface area contributed by atoms with Gasteiger partial charge in [0.05, 0.1) is 40.3 Å². The number of non-ortho nitro benzene ring substituents is 1. The van der Waals surface area contributed by atoms with E-state index in [1.165, 1.54) is 24.5 Å². The lowest BCUT2D eigenvalue weighted by molar-refractivity contribution is -0.384. The van der Waals surface area contributed by atoms with Crippen molar-refractivity contribution in [2.24, 2.45) is 0 Å². The van der Waals surface area contributed by atoms with Crippen molar-refractivity contribution >= 4 is 29.3 Å². The van der Waals surface area contributed by atoms with Crippen molar-refractivity contribution in [3.8, 4) is 0 Å². The van der Waals surface area contributed by atoms with Gasteiger partial charge in [-0.2, -0.15) is 0 Å². The van der Waals surface area contributed by atoms with Gasteiger partial charge in [-0.25, -0.2) is 14.4 Å². The van der Waals surface area contributed by atoms with E-state index in [0.717, 1.165) is 12.8 Å². The Morgan fingerprint density at radius 3 is 2.63 bits per heavy atom. The van der Waals surface area contributed by atoms with Gasteiger partial charge in [-0.1, -0.05) is 0 Å². The summed E-state index contributed by atoms with van der Waals surface area (Å²) < 4.78 is 16.0. The Morgan fingerprint density at radius 1 is 1.20 bits per heavy atom. The van der Waals surface area contributed by atoms with Gasteiger partial charge < -0.3 is 29.4 Å². The van der Waals surface area contributed by atoms with Crippen molar-refractivity contribution in [2.75, 3.05) is 31.2 Å². The number of nitrogens with one attached hydrogen (secondary N) is 2. The molecule has 2 aliphatic rings. The second-order valence-corrected chi connectivity index (χ2v) is 7.89. The summed E-state index contributed by atoms with van der Waals surface area (Å²) >= 11 is 0. The molecule has 1 atom stereocenters. The predicted molar refractivity (Wildman–Crippen MR) is 122 cm³/mol. The molecule has 3 heterocycles. The first-order chi connectivity index (χ1) is 16.9. The molecule has 1 aromatic heterocycles. The molecule has 2 aliphatic heterocycles. The molecule has 2 amide bonds. The number of hydrogen-bond donors (Lipinski definition) is 2. The molecule has 4 rings (SSSR count). The van der Waals surface area contributed by atoms with E-state index >= 15 is 0 Å². The lowest BCUT2D eigenvalue weighted by Gasteiger charge is -2.27. The van der Waals surface area contributed by atoms with Gasteiger partial charge in [-0.3, -0.25) is 10.1 Å². The Labute approximate surface area is 200 Å². The zero-order valence-corrected chi connectivity index (χ0v) is 18.9. The van der Waals surface area contributed by atoms with E-state index in [0.29, 0.717) is 24.5 Å². The fourth-order valence-electron chi connectivity index (χ4n) is 4.10. The number of nitro groups is 1. The molecule has 1 saturated heterocycles. The summed E-state index contributed by atoms with van der Waals surface area (Å²) in [5.41, 5.74) is 0.352. The summed E-state index contributed by atoms with van der Waals surface area (Å²) in [5, 5.41) is 16.4. The van der Waals surface area contributed by atoms with Gasteiger partial charge in [0.1, 0.15) is 18.4 Å². The Hall–Kier alpha value is -4.35. The van der Waals surface area contributed by atoms with Crippen LogP contribution in [-0.2, 0) is 14.3 Å². The summed E-state index contributed by atoms with van der Waals surface area (Å²) in [6.45, 7) is 2.67. The van der Waals surface area contributed by atoms with Crippen LogP contribution in [0.25, 0.3) is 0 Å². The normalized spacial score (nSPS) is 17.6. The van der Waals surface area contributed by atoms with E-state index in [1.54, 1.807) is 19.1 Å². The highest BCUT2D eigenvalue weighted by molar-refractivity contribution is 5.98. The fourth-order valence-corrected chi connectivity index (χ4v) is 4.10. The Morgan fingerprint density at radius 2 is 1.97 bits per heavy atom. The topological polar surface area (TPSA) is 153 Å². The molecule has 0 bridgehead atoms. The van der Waals surface area contributed by atoms with Crippen LogP contribution in [0, 0.1) is 10.1 Å². The van der Waals surface area contributed by atoms with Crippen molar-refractivity contribution in [1.29, 1.82) is 0 Å². The summed E-state index contributed by atoms with van der Waals surface area (Å²) in [6.07, 6.45) is 3.27. The van der Waals surface area contributed by atoms with Crippen molar-refractivity contribution in [3.05, 3.63) is 69.3 Å². The molecule has 1 aromatic carbocycles. The number of ether oxygens (including phenoxy) is 2. The number of urea groups is 1. The molecular formula is C23H24N4O8. The van der Waals surface area contributed by atoms with Crippen LogP contribution in [0.1, 0.15) is 41.9 Å². The highest BCUT2D eigenvalue weighted by atomic mass is 16.6. The third kappa shape index (κ3) is 5.10. The van der Waals surface area contributed by atoms with E-state index in [2.05, 4.69) is 10.6 Å². The van der Waals surface area contributed by atoms with Crippen molar-refractivity contribution in [1.82, 2.24) is 10.6 Å². The first-order valence-corrected chi connectivity index (χ1v) is 11.1. The predicted octanol–water partition coefficient (Wildman–Crippen LogP) is 2.82. The van der Waals surface area contributed by atoms with Gasteiger partial charge in [-0.05, 0) is 38.0 Å². The number of esters is 2. The average molecular weight is 484 g/mol. The number of carbonyl (C=O) groups is 3. The molecule has 12 nitrogen and oxygen atoms in total. The average Bonchev–Trinajstić information content (AvgIpc) is 3.56. The van der Waals surface area contributed by atoms with E-state index in [9.17, 15) is 24.5 Å². The number of nitro benzene ring substituents is 1. The minimum absolute atomic E-state index is 0.0213. The second-order valence-electron chi connectivity index (χ2n) is 7.89. The fraction of sp³-hybridized carbons (Fsp3) is 0.348. The van der Waals surface area contributed by atoms with E-state index < -0.39 is 35.5 Å². The SMILES string of the molecule is CCOC(=O)C1=C(COC(=O)c2cc([N+](=O)[O-])ccc2N2CCCC2)NC(=O)NC1c1ccco1. The zero-order valence-electron chi connectivity index (χ0n) is 18.9. The van der Waals surface area contributed by atoms with Gasteiger partial charge in [0.25, 0.3) is 5.69 Å². The molecule has 0 spiro atoms. The van der Waals surface area contributed by atoms with Gasteiger partial charge in [0.15, 0.2) is 0 Å². The molecule has 1 fully saturated rings. The summed E-state index contributed by atoms with van der Waals surface area (Å²) in [4.78, 5) is 50.8. The molecule has 35 heavy (non-hydrogen) atoms. The summed E-state index contributed by atoms with van der Waals surface area (Å²) in [7, 11) is 0. The van der Waals surface area contributed by atoms with E-state index in [-0.39, 0.29) is 29.1 Å². The Balaban J connectivity index is 1.64. The smallest absolute Gasteiger partial charge is 0.340 e. The highest BCUT2D eigenvalue weighted by Crippen LogP contribution is 2.31. The lowest BCUT2D eigenvalue weighted by atomic mass is 10.0. The van der Waals surface area contributed by atoms with Crippen LogP contribution in [-0.4, -0.2) is 49.2 Å². The summed E-state index contributed by atoms with van der Waals surface area (Å²) in [6, 6.07) is 5.65. The van der Waals surface area contributed by atoms with Crippen LogP contribution < -0.4 is 15.5 Å². The number of rotatable bonds is 8. The van der Waals surface area contributed by atoms with Crippen LogP contribution in [0.3, 0.4) is 0 Å². The molecular weight excluding hydrogens is 460 g/mol. The first-order valence-electron chi connectivity index (χ1n) is 11.1. The summed E-state index contributed by atoms with van der Waals surface area (Å²) in [5.74, 6) is -1.25. The van der Waals surface area contributed by atoms with Gasteiger partial charge in [0, 0.05) is 25.2 Å². The number of nitrogens with zero attached hydrogens (tertiary/aromatic N) is 2. The largest absolute Gasteiger partial charge is 0.467 e. The Bertz CT molecular complexity index is 1170. The first kappa shape index (κ1) is 23.8. The molecule has 12 heteroatoms.